The first-order valence-electron chi connectivity index (χ1n) is 7.05. The molecule has 0 aliphatic heterocycles. The SMILES string of the molecule is CCOC(=O)c1cc(Cl)c(N/C(=C/C(=O)OC)C(=O)OC)c([N+](=O)[O-])c1. The third kappa shape index (κ3) is 5.18. The average Bonchev–Trinajstić information content (AvgIpc) is 2.61. The molecule has 1 aromatic rings. The summed E-state index contributed by atoms with van der Waals surface area (Å²) in [6.45, 7) is 1.64. The molecular formula is C15H15ClN2O8. The van der Waals surface area contributed by atoms with Crippen LogP contribution in [0.5, 0.6) is 0 Å². The van der Waals surface area contributed by atoms with Gasteiger partial charge in [0.05, 0.1) is 42.4 Å². The topological polar surface area (TPSA) is 134 Å². The Morgan fingerprint density at radius 3 is 2.42 bits per heavy atom. The number of rotatable bonds is 7. The van der Waals surface area contributed by atoms with Gasteiger partial charge in [0, 0.05) is 6.07 Å². The number of nitrogens with zero attached hydrogens (tertiary/aromatic N) is 1. The minimum absolute atomic E-state index is 0.0681. The Labute approximate surface area is 152 Å². The van der Waals surface area contributed by atoms with Crippen molar-refractivity contribution in [3.8, 4) is 0 Å². The molecule has 0 aromatic heterocycles. The van der Waals surface area contributed by atoms with E-state index in [1.165, 1.54) is 0 Å². The van der Waals surface area contributed by atoms with Crippen LogP contribution in [0, 0.1) is 10.1 Å². The van der Waals surface area contributed by atoms with Gasteiger partial charge in [-0.15, -0.1) is 0 Å². The van der Waals surface area contributed by atoms with Gasteiger partial charge >= 0.3 is 17.9 Å². The Morgan fingerprint density at radius 2 is 1.92 bits per heavy atom. The minimum atomic E-state index is -0.991. The molecule has 0 heterocycles. The molecule has 0 bridgehead atoms. The summed E-state index contributed by atoms with van der Waals surface area (Å²) in [7, 11) is 2.13. The monoisotopic (exact) mass is 386 g/mol. The molecule has 0 fully saturated rings. The summed E-state index contributed by atoms with van der Waals surface area (Å²) in [6, 6.07) is 2.06. The quantitative estimate of drug-likeness (QED) is 0.245. The second-order valence-corrected chi connectivity index (χ2v) is 4.93. The highest BCUT2D eigenvalue weighted by atomic mass is 35.5. The van der Waals surface area contributed by atoms with E-state index in [9.17, 15) is 24.5 Å². The van der Waals surface area contributed by atoms with E-state index in [0.29, 0.717) is 0 Å². The van der Waals surface area contributed by atoms with Crippen molar-refractivity contribution in [2.75, 3.05) is 26.1 Å². The van der Waals surface area contributed by atoms with Crippen molar-refractivity contribution in [2.45, 2.75) is 6.92 Å². The Kier molecular flexibility index (Phi) is 7.53. The maximum absolute atomic E-state index is 11.8. The lowest BCUT2D eigenvalue weighted by Gasteiger charge is -2.12. The van der Waals surface area contributed by atoms with E-state index in [-0.39, 0.29) is 22.9 Å². The highest BCUT2D eigenvalue weighted by Gasteiger charge is 2.25. The molecule has 0 atom stereocenters. The predicted octanol–water partition coefficient (Wildman–Crippen LogP) is 2.07. The van der Waals surface area contributed by atoms with Gasteiger partial charge in [0.15, 0.2) is 0 Å². The molecule has 0 unspecified atom stereocenters. The molecule has 0 aliphatic rings. The van der Waals surface area contributed by atoms with Gasteiger partial charge in [0.1, 0.15) is 11.4 Å². The van der Waals surface area contributed by atoms with Crippen molar-refractivity contribution in [3.63, 3.8) is 0 Å². The van der Waals surface area contributed by atoms with E-state index in [1.54, 1.807) is 6.92 Å². The van der Waals surface area contributed by atoms with Gasteiger partial charge in [-0.1, -0.05) is 11.6 Å². The van der Waals surface area contributed by atoms with Crippen molar-refractivity contribution in [3.05, 3.63) is 44.6 Å². The second kappa shape index (κ2) is 9.37. The Balaban J connectivity index is 3.43. The minimum Gasteiger partial charge on any atom is -0.466 e. The normalized spacial score (nSPS) is 10.7. The first-order valence-corrected chi connectivity index (χ1v) is 7.42. The third-order valence-corrected chi connectivity index (χ3v) is 3.20. The molecule has 0 amide bonds. The summed E-state index contributed by atoms with van der Waals surface area (Å²) in [5.41, 5.74) is -1.52. The van der Waals surface area contributed by atoms with Crippen molar-refractivity contribution < 1.29 is 33.5 Å². The van der Waals surface area contributed by atoms with Crippen LogP contribution in [0.15, 0.2) is 23.9 Å². The van der Waals surface area contributed by atoms with Gasteiger partial charge in [-0.25, -0.2) is 14.4 Å². The van der Waals surface area contributed by atoms with Gasteiger partial charge < -0.3 is 19.5 Å². The maximum Gasteiger partial charge on any atom is 0.354 e. The molecule has 140 valence electrons. The van der Waals surface area contributed by atoms with Gasteiger partial charge in [0.25, 0.3) is 5.69 Å². The van der Waals surface area contributed by atoms with Crippen LogP contribution in [0.4, 0.5) is 11.4 Å². The van der Waals surface area contributed by atoms with E-state index in [1.807, 2.05) is 0 Å². The lowest BCUT2D eigenvalue weighted by molar-refractivity contribution is -0.383. The number of benzene rings is 1. The van der Waals surface area contributed by atoms with Crippen molar-refractivity contribution in [1.29, 1.82) is 0 Å². The van der Waals surface area contributed by atoms with Crippen LogP contribution in [-0.2, 0) is 23.8 Å². The number of anilines is 1. The summed E-state index contributed by atoms with van der Waals surface area (Å²) in [4.78, 5) is 45.4. The smallest absolute Gasteiger partial charge is 0.354 e. The molecule has 26 heavy (non-hydrogen) atoms. The van der Waals surface area contributed by atoms with Gasteiger partial charge in [-0.2, -0.15) is 0 Å². The van der Waals surface area contributed by atoms with Gasteiger partial charge in [0.2, 0.25) is 0 Å². The number of ether oxygens (including phenoxy) is 3. The zero-order valence-electron chi connectivity index (χ0n) is 14.0. The average molecular weight is 387 g/mol. The Morgan fingerprint density at radius 1 is 1.27 bits per heavy atom. The summed E-state index contributed by atoms with van der Waals surface area (Å²) < 4.78 is 13.7. The largest absolute Gasteiger partial charge is 0.466 e. The molecule has 0 spiro atoms. The number of halogens is 1. The molecule has 0 saturated carbocycles. The first kappa shape index (κ1) is 20.9. The number of methoxy groups -OCH3 is 2. The molecule has 0 saturated heterocycles. The van der Waals surface area contributed by atoms with Crippen molar-refractivity contribution >= 4 is 40.9 Å². The highest BCUT2D eigenvalue weighted by Crippen LogP contribution is 2.35. The summed E-state index contributed by atoms with van der Waals surface area (Å²) in [5, 5.41) is 13.5. The van der Waals surface area contributed by atoms with Gasteiger partial charge in [-0.3, -0.25) is 10.1 Å². The number of carbonyl (C=O) groups is 3. The Bertz CT molecular complexity index is 775. The molecule has 1 N–H and O–H groups in total. The maximum atomic E-state index is 11.8. The molecule has 1 aromatic carbocycles. The zero-order valence-corrected chi connectivity index (χ0v) is 14.8. The lowest BCUT2D eigenvalue weighted by atomic mass is 10.1. The fourth-order valence-corrected chi connectivity index (χ4v) is 2.02. The number of esters is 3. The fourth-order valence-electron chi connectivity index (χ4n) is 1.76. The highest BCUT2D eigenvalue weighted by molar-refractivity contribution is 6.34. The van der Waals surface area contributed by atoms with Crippen LogP contribution in [-0.4, -0.2) is 43.7 Å². The fraction of sp³-hybridized carbons (Fsp3) is 0.267. The standard InChI is InChI=1S/C15H15ClN2O8/c1-4-26-14(20)8-5-9(16)13(11(6-8)18(22)23)17-10(15(21)25-3)7-12(19)24-2/h5-7,17H,4H2,1-3H3/b10-7+. The Hall–Kier alpha value is -3.14. The third-order valence-electron chi connectivity index (χ3n) is 2.91. The van der Waals surface area contributed by atoms with Crippen molar-refractivity contribution in [1.82, 2.24) is 0 Å². The van der Waals surface area contributed by atoms with Crippen molar-refractivity contribution in [2.24, 2.45) is 0 Å². The lowest BCUT2D eigenvalue weighted by Crippen LogP contribution is -2.17. The number of carbonyl (C=O) groups excluding carboxylic acids is 3. The van der Waals surface area contributed by atoms with Crippen LogP contribution < -0.4 is 5.32 Å². The first-order chi connectivity index (χ1) is 12.2. The van der Waals surface area contributed by atoms with E-state index in [4.69, 9.17) is 16.3 Å². The molecular weight excluding hydrogens is 372 g/mol. The number of hydrogen-bond donors (Lipinski definition) is 1. The summed E-state index contributed by atoms with van der Waals surface area (Å²) in [5.74, 6) is -2.70. The van der Waals surface area contributed by atoms with E-state index < -0.39 is 34.2 Å². The van der Waals surface area contributed by atoms with E-state index in [2.05, 4.69) is 14.8 Å². The van der Waals surface area contributed by atoms with Crippen LogP contribution in [0.2, 0.25) is 5.02 Å². The van der Waals surface area contributed by atoms with Crippen LogP contribution in [0.25, 0.3) is 0 Å². The number of hydrogen-bond acceptors (Lipinski definition) is 9. The number of nitro groups is 1. The van der Waals surface area contributed by atoms with E-state index >= 15 is 0 Å². The molecule has 11 heteroatoms. The molecule has 0 aliphatic carbocycles. The van der Waals surface area contributed by atoms with Crippen LogP contribution in [0.1, 0.15) is 17.3 Å². The zero-order chi connectivity index (χ0) is 19.9. The van der Waals surface area contributed by atoms with E-state index in [0.717, 1.165) is 32.4 Å². The second-order valence-electron chi connectivity index (χ2n) is 4.53. The predicted molar refractivity (Wildman–Crippen MR) is 89.8 cm³/mol. The molecule has 0 radical (unpaired) electrons. The summed E-state index contributed by atoms with van der Waals surface area (Å²) >= 11 is 6.02. The molecule has 10 nitrogen and oxygen atoms in total. The number of nitro benzene ring substituents is 1. The number of nitrogens with one attached hydrogen (secondary N) is 1. The molecule has 1 rings (SSSR count). The van der Waals surface area contributed by atoms with Crippen LogP contribution >= 0.6 is 11.6 Å². The van der Waals surface area contributed by atoms with Crippen LogP contribution in [0.3, 0.4) is 0 Å². The van der Waals surface area contributed by atoms with Gasteiger partial charge in [-0.05, 0) is 13.0 Å². The summed E-state index contributed by atoms with van der Waals surface area (Å²) in [6.07, 6.45) is 0.741.